The van der Waals surface area contributed by atoms with Crippen molar-refractivity contribution in [3.8, 4) is 5.75 Å². The number of amides is 2. The zero-order chi connectivity index (χ0) is 22.7. The minimum Gasteiger partial charge on any atom is -0.481 e. The van der Waals surface area contributed by atoms with Crippen molar-refractivity contribution < 1.29 is 18.7 Å². The molecule has 1 aliphatic heterocycles. The number of fused-ring (bicyclic) bond motifs is 1. The van der Waals surface area contributed by atoms with E-state index in [2.05, 4.69) is 5.32 Å². The molecule has 2 aromatic rings. The molecular weight excluding hydrogens is 395 g/mol. The van der Waals surface area contributed by atoms with Crippen LogP contribution in [0.25, 0.3) is 0 Å². The predicted octanol–water partition coefficient (Wildman–Crippen LogP) is 4.25. The Bertz CT molecular complexity index is 940. The van der Waals surface area contributed by atoms with Crippen LogP contribution >= 0.6 is 0 Å². The van der Waals surface area contributed by atoms with Crippen LogP contribution in [0.1, 0.15) is 57.4 Å². The first-order chi connectivity index (χ1) is 14.7. The number of halogens is 1. The van der Waals surface area contributed by atoms with Crippen molar-refractivity contribution in [1.29, 1.82) is 0 Å². The van der Waals surface area contributed by atoms with Gasteiger partial charge in [0.05, 0.1) is 6.04 Å². The molecular formula is C25H31FN2O3. The van der Waals surface area contributed by atoms with Crippen molar-refractivity contribution in [1.82, 2.24) is 10.2 Å². The highest BCUT2D eigenvalue weighted by Crippen LogP contribution is 2.38. The van der Waals surface area contributed by atoms with Gasteiger partial charge in [-0.2, -0.15) is 0 Å². The Kier molecular flexibility index (Phi) is 6.98. The number of hydrogen-bond acceptors (Lipinski definition) is 3. The maximum absolute atomic E-state index is 13.6. The molecule has 5 nitrogen and oxygen atoms in total. The number of rotatable bonds is 6. The van der Waals surface area contributed by atoms with Gasteiger partial charge in [0.1, 0.15) is 11.6 Å². The van der Waals surface area contributed by atoms with Crippen LogP contribution in [0.4, 0.5) is 4.39 Å². The maximum atomic E-state index is 13.6. The van der Waals surface area contributed by atoms with Gasteiger partial charge in [-0.3, -0.25) is 9.59 Å². The first-order valence-electron chi connectivity index (χ1n) is 10.8. The average molecular weight is 427 g/mol. The Balaban J connectivity index is 1.97. The van der Waals surface area contributed by atoms with Gasteiger partial charge in [-0.1, -0.05) is 32.0 Å². The van der Waals surface area contributed by atoms with Gasteiger partial charge in [0.15, 0.2) is 6.10 Å². The fourth-order valence-corrected chi connectivity index (χ4v) is 3.90. The lowest BCUT2D eigenvalue weighted by molar-refractivity contribution is -0.136. The fourth-order valence-electron chi connectivity index (χ4n) is 3.90. The van der Waals surface area contributed by atoms with Crippen LogP contribution in [-0.2, 0) is 16.0 Å². The number of benzene rings is 2. The Morgan fingerprint density at radius 2 is 1.74 bits per heavy atom. The van der Waals surface area contributed by atoms with E-state index in [1.807, 2.05) is 50.8 Å². The number of ether oxygens (including phenoxy) is 1. The average Bonchev–Trinajstić information content (AvgIpc) is 2.72. The number of hydrogen-bond donors (Lipinski definition) is 1. The summed E-state index contributed by atoms with van der Waals surface area (Å²) in [5.74, 6) is -0.0289. The van der Waals surface area contributed by atoms with Crippen LogP contribution < -0.4 is 10.1 Å². The number of carbonyl (C=O) groups is 2. The first-order valence-corrected chi connectivity index (χ1v) is 10.8. The number of nitrogens with one attached hydrogen (secondary N) is 1. The lowest BCUT2D eigenvalue weighted by Crippen LogP contribution is -2.42. The van der Waals surface area contributed by atoms with Gasteiger partial charge < -0.3 is 15.0 Å². The van der Waals surface area contributed by atoms with E-state index in [1.165, 1.54) is 12.1 Å². The smallest absolute Gasteiger partial charge is 0.260 e. The van der Waals surface area contributed by atoms with Gasteiger partial charge in [-0.05, 0) is 68.1 Å². The highest BCUT2D eigenvalue weighted by molar-refractivity contribution is 5.81. The number of carbonyl (C=O) groups excluding carboxylic acids is 2. The maximum Gasteiger partial charge on any atom is 0.260 e. The summed E-state index contributed by atoms with van der Waals surface area (Å²) in [7, 11) is 0. The highest BCUT2D eigenvalue weighted by atomic mass is 19.1. The molecule has 3 rings (SSSR count). The van der Waals surface area contributed by atoms with Gasteiger partial charge in [-0.25, -0.2) is 4.39 Å². The molecule has 0 saturated carbocycles. The molecule has 0 spiro atoms. The molecule has 1 heterocycles. The van der Waals surface area contributed by atoms with Crippen molar-refractivity contribution in [3.63, 3.8) is 0 Å². The summed E-state index contributed by atoms with van der Waals surface area (Å²) in [6, 6.07) is 11.7. The SMILES string of the molecule is CC(C)NC(=O)C(C)Oc1ccc2c(c1)C(c1ccc(F)cc1)N(C(=O)C(C)C)CC2. The van der Waals surface area contributed by atoms with Crippen molar-refractivity contribution in [3.05, 3.63) is 65.0 Å². The summed E-state index contributed by atoms with van der Waals surface area (Å²) in [5.41, 5.74) is 2.91. The molecule has 1 aliphatic rings. The molecule has 0 fully saturated rings. The third-order valence-corrected chi connectivity index (χ3v) is 5.42. The highest BCUT2D eigenvalue weighted by Gasteiger charge is 2.33. The summed E-state index contributed by atoms with van der Waals surface area (Å²) in [5, 5.41) is 2.85. The Morgan fingerprint density at radius 1 is 1.06 bits per heavy atom. The van der Waals surface area contributed by atoms with Crippen molar-refractivity contribution in [2.24, 2.45) is 5.92 Å². The molecule has 2 amide bonds. The summed E-state index contributed by atoms with van der Waals surface area (Å²) in [6.45, 7) is 9.87. The van der Waals surface area contributed by atoms with Gasteiger partial charge >= 0.3 is 0 Å². The molecule has 6 heteroatoms. The van der Waals surface area contributed by atoms with E-state index in [-0.39, 0.29) is 35.6 Å². The van der Waals surface area contributed by atoms with Crippen LogP contribution in [0.5, 0.6) is 5.75 Å². The largest absolute Gasteiger partial charge is 0.481 e. The quantitative estimate of drug-likeness (QED) is 0.751. The number of nitrogens with zero attached hydrogens (tertiary/aromatic N) is 1. The van der Waals surface area contributed by atoms with Crippen LogP contribution in [0.3, 0.4) is 0 Å². The Labute approximate surface area is 183 Å². The second-order valence-corrected chi connectivity index (χ2v) is 8.67. The molecule has 0 bridgehead atoms. The van der Waals surface area contributed by atoms with Crippen LogP contribution in [0.15, 0.2) is 42.5 Å². The van der Waals surface area contributed by atoms with Gasteiger partial charge in [0.2, 0.25) is 5.91 Å². The Hall–Kier alpha value is -2.89. The zero-order valence-corrected chi connectivity index (χ0v) is 18.8. The lowest BCUT2D eigenvalue weighted by Gasteiger charge is -2.39. The predicted molar refractivity (Wildman–Crippen MR) is 118 cm³/mol. The van der Waals surface area contributed by atoms with Gasteiger partial charge in [-0.15, -0.1) is 0 Å². The summed E-state index contributed by atoms with van der Waals surface area (Å²) >= 11 is 0. The molecule has 1 N–H and O–H groups in total. The zero-order valence-electron chi connectivity index (χ0n) is 18.8. The van der Waals surface area contributed by atoms with Gasteiger partial charge in [0.25, 0.3) is 5.91 Å². The van der Waals surface area contributed by atoms with Gasteiger partial charge in [0, 0.05) is 18.5 Å². The lowest BCUT2D eigenvalue weighted by atomic mass is 9.87. The van der Waals surface area contributed by atoms with Crippen LogP contribution in [0, 0.1) is 11.7 Å². The third-order valence-electron chi connectivity index (χ3n) is 5.42. The molecule has 0 aromatic heterocycles. The molecule has 31 heavy (non-hydrogen) atoms. The van der Waals surface area contributed by atoms with E-state index in [9.17, 15) is 14.0 Å². The molecule has 2 atom stereocenters. The third kappa shape index (κ3) is 5.24. The van der Waals surface area contributed by atoms with E-state index >= 15 is 0 Å². The normalized spacial score (nSPS) is 16.8. The van der Waals surface area contributed by atoms with Crippen molar-refractivity contribution in [2.75, 3.05) is 6.54 Å². The van der Waals surface area contributed by atoms with E-state index in [0.717, 1.165) is 23.1 Å². The summed E-state index contributed by atoms with van der Waals surface area (Å²) in [4.78, 5) is 27.1. The van der Waals surface area contributed by atoms with E-state index in [0.29, 0.717) is 12.3 Å². The second-order valence-electron chi connectivity index (χ2n) is 8.67. The molecule has 166 valence electrons. The molecule has 2 aromatic carbocycles. The second kappa shape index (κ2) is 9.50. The molecule has 0 radical (unpaired) electrons. The molecule has 0 saturated heterocycles. The molecule has 2 unspecified atom stereocenters. The van der Waals surface area contributed by atoms with E-state index < -0.39 is 6.10 Å². The summed E-state index contributed by atoms with van der Waals surface area (Å²) < 4.78 is 19.5. The minimum atomic E-state index is -0.651. The monoisotopic (exact) mass is 426 g/mol. The van der Waals surface area contributed by atoms with Crippen LogP contribution in [-0.4, -0.2) is 35.4 Å². The van der Waals surface area contributed by atoms with E-state index in [1.54, 1.807) is 19.1 Å². The van der Waals surface area contributed by atoms with Crippen LogP contribution in [0.2, 0.25) is 0 Å². The topological polar surface area (TPSA) is 58.6 Å². The van der Waals surface area contributed by atoms with Crippen molar-refractivity contribution in [2.45, 2.75) is 59.2 Å². The Morgan fingerprint density at radius 3 is 2.35 bits per heavy atom. The van der Waals surface area contributed by atoms with Crippen molar-refractivity contribution >= 4 is 11.8 Å². The summed E-state index contributed by atoms with van der Waals surface area (Å²) in [6.07, 6.45) is 0.0801. The fraction of sp³-hybridized carbons (Fsp3) is 0.440. The van der Waals surface area contributed by atoms with E-state index in [4.69, 9.17) is 4.74 Å². The minimum absolute atomic E-state index is 0.0283. The standard InChI is InChI=1S/C25H31FN2O3/c1-15(2)25(30)28-13-12-18-8-11-21(31-17(5)24(29)27-16(3)4)14-22(18)23(28)19-6-9-20(26)10-7-19/h6-11,14-17,23H,12-13H2,1-5H3,(H,27,29). The molecule has 0 aliphatic carbocycles. The first kappa shape index (κ1) is 22.8.